The van der Waals surface area contributed by atoms with Crippen LogP contribution in [0.15, 0.2) is 53.5 Å². The minimum Gasteiger partial charge on any atom is -0.368 e. The van der Waals surface area contributed by atoms with Gasteiger partial charge < -0.3 is 5.32 Å². The first-order valence-corrected chi connectivity index (χ1v) is 6.35. The van der Waals surface area contributed by atoms with Crippen molar-refractivity contribution < 1.29 is 0 Å². The zero-order valence-corrected chi connectivity index (χ0v) is 10.6. The highest BCUT2D eigenvalue weighted by atomic mass is 35.5. The summed E-state index contributed by atoms with van der Waals surface area (Å²) in [5.41, 5.74) is 3.49. The molecule has 0 saturated heterocycles. The van der Waals surface area contributed by atoms with Crippen molar-refractivity contribution in [3.8, 4) is 11.1 Å². The van der Waals surface area contributed by atoms with Crippen LogP contribution in [0.2, 0.25) is 5.02 Å². The van der Waals surface area contributed by atoms with Crippen molar-refractivity contribution >= 4 is 17.4 Å². The molecule has 0 aromatic heterocycles. The number of rotatable bonds is 2. The van der Waals surface area contributed by atoms with E-state index >= 15 is 0 Å². The number of hydrogen-bond acceptors (Lipinski definition) is 2. The second-order valence-corrected chi connectivity index (χ2v) is 4.68. The molecule has 0 saturated carbocycles. The van der Waals surface area contributed by atoms with Gasteiger partial charge in [0.1, 0.15) is 5.84 Å². The van der Waals surface area contributed by atoms with Gasteiger partial charge in [-0.15, -0.1) is 0 Å². The number of nitrogens with zero attached hydrogens (tertiary/aromatic N) is 1. The van der Waals surface area contributed by atoms with Gasteiger partial charge >= 0.3 is 0 Å². The fraction of sp³-hybridized carbons (Fsp3) is 0.133. The van der Waals surface area contributed by atoms with E-state index in [1.54, 1.807) is 0 Å². The fourth-order valence-electron chi connectivity index (χ4n) is 2.08. The predicted molar refractivity (Wildman–Crippen MR) is 76.3 cm³/mol. The third kappa shape index (κ3) is 2.24. The van der Waals surface area contributed by atoms with Crippen LogP contribution in [0.3, 0.4) is 0 Å². The minimum atomic E-state index is 0.761. The minimum absolute atomic E-state index is 0.761. The monoisotopic (exact) mass is 256 g/mol. The average molecular weight is 257 g/mol. The van der Waals surface area contributed by atoms with Crippen LogP contribution < -0.4 is 5.32 Å². The molecule has 3 rings (SSSR count). The average Bonchev–Trinajstić information content (AvgIpc) is 2.94. The number of aliphatic imine (C=N–C) groups is 1. The topological polar surface area (TPSA) is 24.4 Å². The fourth-order valence-corrected chi connectivity index (χ4v) is 2.21. The van der Waals surface area contributed by atoms with E-state index in [4.69, 9.17) is 11.6 Å². The van der Waals surface area contributed by atoms with Crippen molar-refractivity contribution in [2.75, 3.05) is 13.1 Å². The third-order valence-electron chi connectivity index (χ3n) is 2.99. The van der Waals surface area contributed by atoms with Crippen LogP contribution >= 0.6 is 11.6 Å². The molecule has 0 radical (unpaired) electrons. The summed E-state index contributed by atoms with van der Waals surface area (Å²) in [6.07, 6.45) is 0. The molecule has 2 aromatic rings. The highest BCUT2D eigenvalue weighted by Crippen LogP contribution is 2.22. The van der Waals surface area contributed by atoms with Crippen molar-refractivity contribution in [1.82, 2.24) is 5.32 Å². The van der Waals surface area contributed by atoms with Crippen molar-refractivity contribution in [1.29, 1.82) is 0 Å². The molecule has 1 aliphatic rings. The summed E-state index contributed by atoms with van der Waals surface area (Å²) in [6, 6.07) is 16.3. The van der Waals surface area contributed by atoms with Crippen LogP contribution in [0.25, 0.3) is 11.1 Å². The molecule has 3 heteroatoms. The lowest BCUT2D eigenvalue weighted by Gasteiger charge is -2.06. The van der Waals surface area contributed by atoms with Crippen molar-refractivity contribution in [3.05, 3.63) is 59.1 Å². The lowest BCUT2D eigenvalue weighted by Crippen LogP contribution is -2.19. The smallest absolute Gasteiger partial charge is 0.128 e. The van der Waals surface area contributed by atoms with E-state index in [9.17, 15) is 0 Å². The number of halogens is 1. The zero-order chi connectivity index (χ0) is 12.4. The van der Waals surface area contributed by atoms with Gasteiger partial charge in [-0.25, -0.2) is 0 Å². The lowest BCUT2D eigenvalue weighted by molar-refractivity contribution is 0.960. The van der Waals surface area contributed by atoms with Gasteiger partial charge in [0.25, 0.3) is 0 Å². The summed E-state index contributed by atoms with van der Waals surface area (Å²) in [4.78, 5) is 4.44. The Morgan fingerprint density at radius 3 is 2.44 bits per heavy atom. The molecule has 0 spiro atoms. The summed E-state index contributed by atoms with van der Waals surface area (Å²) < 4.78 is 0. The van der Waals surface area contributed by atoms with E-state index in [2.05, 4.69) is 34.6 Å². The molecule has 1 heterocycles. The molecule has 0 bridgehead atoms. The molecular formula is C15H13ClN2. The highest BCUT2D eigenvalue weighted by Gasteiger charge is 2.08. The number of hydrogen-bond donors (Lipinski definition) is 1. The molecule has 0 fully saturated rings. The van der Waals surface area contributed by atoms with Gasteiger partial charge in [0.2, 0.25) is 0 Å². The Labute approximate surface area is 111 Å². The van der Waals surface area contributed by atoms with E-state index in [0.29, 0.717) is 0 Å². The van der Waals surface area contributed by atoms with Crippen molar-refractivity contribution in [2.45, 2.75) is 0 Å². The number of nitrogens with one attached hydrogen (secondary N) is 1. The SMILES string of the molecule is Clc1ccc(-c2cccc(C3=NCCN3)c2)cc1. The molecule has 2 aromatic carbocycles. The summed E-state index contributed by atoms with van der Waals surface area (Å²) in [5.74, 6) is 0.991. The maximum atomic E-state index is 5.90. The van der Waals surface area contributed by atoms with E-state index in [1.807, 2.05) is 24.3 Å². The Hall–Kier alpha value is -1.80. The standard InChI is InChI=1S/C15H13ClN2/c16-14-6-4-11(5-7-14)12-2-1-3-13(10-12)15-17-8-9-18-15/h1-7,10H,8-9H2,(H,17,18). The molecule has 0 unspecified atom stereocenters. The first-order valence-electron chi connectivity index (χ1n) is 5.98. The molecular weight excluding hydrogens is 244 g/mol. The summed E-state index contributed by atoms with van der Waals surface area (Å²) in [6.45, 7) is 1.79. The first kappa shape index (κ1) is 11.3. The Morgan fingerprint density at radius 1 is 0.944 bits per heavy atom. The van der Waals surface area contributed by atoms with Gasteiger partial charge in [-0.1, -0.05) is 41.9 Å². The van der Waals surface area contributed by atoms with Crippen LogP contribution in [-0.2, 0) is 0 Å². The maximum Gasteiger partial charge on any atom is 0.128 e. The van der Waals surface area contributed by atoms with Gasteiger partial charge in [0, 0.05) is 17.1 Å². The van der Waals surface area contributed by atoms with Crippen LogP contribution in [0.5, 0.6) is 0 Å². The van der Waals surface area contributed by atoms with E-state index in [0.717, 1.165) is 29.5 Å². The van der Waals surface area contributed by atoms with Gasteiger partial charge in [0.05, 0.1) is 6.54 Å². The Balaban J connectivity index is 1.98. The van der Waals surface area contributed by atoms with Gasteiger partial charge in [0.15, 0.2) is 0 Å². The molecule has 2 nitrogen and oxygen atoms in total. The van der Waals surface area contributed by atoms with Crippen LogP contribution in [0.1, 0.15) is 5.56 Å². The first-order chi connectivity index (χ1) is 8.83. The third-order valence-corrected chi connectivity index (χ3v) is 3.24. The van der Waals surface area contributed by atoms with Crippen molar-refractivity contribution in [2.24, 2.45) is 4.99 Å². The summed E-state index contributed by atoms with van der Waals surface area (Å²) in [5, 5.41) is 4.05. The van der Waals surface area contributed by atoms with E-state index in [1.165, 1.54) is 11.1 Å². The predicted octanol–water partition coefficient (Wildman–Crippen LogP) is 3.36. The second kappa shape index (κ2) is 4.83. The normalized spacial score (nSPS) is 14.2. The number of benzene rings is 2. The van der Waals surface area contributed by atoms with Crippen LogP contribution in [0, 0.1) is 0 Å². The molecule has 0 atom stereocenters. The Kier molecular flexibility index (Phi) is 3.03. The molecule has 0 aliphatic carbocycles. The largest absolute Gasteiger partial charge is 0.368 e. The second-order valence-electron chi connectivity index (χ2n) is 4.24. The zero-order valence-electron chi connectivity index (χ0n) is 9.86. The molecule has 0 amide bonds. The van der Waals surface area contributed by atoms with Gasteiger partial charge in [-0.2, -0.15) is 0 Å². The summed E-state index contributed by atoms with van der Waals surface area (Å²) in [7, 11) is 0. The lowest BCUT2D eigenvalue weighted by atomic mass is 10.0. The number of amidine groups is 1. The highest BCUT2D eigenvalue weighted by molar-refractivity contribution is 6.30. The van der Waals surface area contributed by atoms with Crippen LogP contribution in [0.4, 0.5) is 0 Å². The van der Waals surface area contributed by atoms with E-state index < -0.39 is 0 Å². The molecule has 1 aliphatic heterocycles. The van der Waals surface area contributed by atoms with Gasteiger partial charge in [-0.05, 0) is 29.3 Å². The molecule has 90 valence electrons. The molecule has 18 heavy (non-hydrogen) atoms. The maximum absolute atomic E-state index is 5.90. The van der Waals surface area contributed by atoms with Crippen molar-refractivity contribution in [3.63, 3.8) is 0 Å². The van der Waals surface area contributed by atoms with Gasteiger partial charge in [-0.3, -0.25) is 4.99 Å². The molecule has 1 N–H and O–H groups in total. The summed E-state index contributed by atoms with van der Waals surface area (Å²) >= 11 is 5.90. The van der Waals surface area contributed by atoms with Crippen LogP contribution in [-0.4, -0.2) is 18.9 Å². The quantitative estimate of drug-likeness (QED) is 0.876. The Bertz CT molecular complexity index is 588. The van der Waals surface area contributed by atoms with E-state index in [-0.39, 0.29) is 0 Å². The Morgan fingerprint density at radius 2 is 1.72 bits per heavy atom.